The lowest BCUT2D eigenvalue weighted by molar-refractivity contribution is -0.125. The molecule has 11 heteroatoms. The van der Waals surface area contributed by atoms with Gasteiger partial charge in [0.25, 0.3) is 11.8 Å². The number of fused-ring (bicyclic) bond motifs is 1. The molecule has 0 atom stereocenters. The predicted octanol–water partition coefficient (Wildman–Crippen LogP) is 2.23. The van der Waals surface area contributed by atoms with Crippen molar-refractivity contribution in [2.24, 2.45) is 0 Å². The lowest BCUT2D eigenvalue weighted by atomic mass is 10.0. The molecule has 4 heterocycles. The van der Waals surface area contributed by atoms with Crippen molar-refractivity contribution in [3.8, 4) is 23.0 Å². The van der Waals surface area contributed by atoms with Crippen molar-refractivity contribution >= 4 is 23.2 Å². The number of aromatic nitrogens is 5. The number of carbonyl (C=O) groups is 2. The molecule has 11 nitrogen and oxygen atoms in total. The third kappa shape index (κ3) is 3.69. The minimum Gasteiger partial charge on any atom is -0.497 e. The van der Waals surface area contributed by atoms with E-state index in [1.807, 2.05) is 48.5 Å². The van der Waals surface area contributed by atoms with Gasteiger partial charge in [-0.1, -0.05) is 0 Å². The number of rotatable bonds is 5. The number of amides is 2. The minimum atomic E-state index is -0.166. The van der Waals surface area contributed by atoms with Gasteiger partial charge < -0.3 is 19.3 Å². The molecule has 1 saturated heterocycles. The molecule has 2 aromatic carbocycles. The number of aromatic amines is 1. The van der Waals surface area contributed by atoms with Crippen molar-refractivity contribution in [3.05, 3.63) is 66.1 Å². The zero-order valence-electron chi connectivity index (χ0n) is 19.5. The Kier molecular flexibility index (Phi) is 5.45. The summed E-state index contributed by atoms with van der Waals surface area (Å²) < 4.78 is 12.2. The highest BCUT2D eigenvalue weighted by atomic mass is 16.5. The van der Waals surface area contributed by atoms with Gasteiger partial charge >= 0.3 is 0 Å². The molecule has 0 bridgehead atoms. The van der Waals surface area contributed by atoms with E-state index in [1.54, 1.807) is 21.6 Å². The third-order valence-electron chi connectivity index (χ3n) is 6.43. The molecule has 6 rings (SSSR count). The van der Waals surface area contributed by atoms with E-state index < -0.39 is 0 Å². The van der Waals surface area contributed by atoms with Crippen molar-refractivity contribution in [2.45, 2.75) is 6.42 Å². The van der Waals surface area contributed by atoms with Crippen LogP contribution in [0, 0.1) is 0 Å². The number of methoxy groups -OCH3 is 1. The summed E-state index contributed by atoms with van der Waals surface area (Å²) in [5.41, 5.74) is 4.16. The standard InChI is InChI=1S/C25H23N7O4/c1-35-19-8-6-18(7-9-19)32-23-20(22(29-32)24-26-15-27-28-24)10-11-31(25(23)34)17-4-2-16(3-5-17)30-12-13-36-14-21(30)33/h2-9,15H,10-14H2,1H3,(H,26,27,28). The number of hydrogen-bond donors (Lipinski definition) is 1. The van der Waals surface area contributed by atoms with Crippen LogP contribution in [0.5, 0.6) is 5.75 Å². The summed E-state index contributed by atoms with van der Waals surface area (Å²) >= 11 is 0. The quantitative estimate of drug-likeness (QED) is 0.461. The predicted molar refractivity (Wildman–Crippen MR) is 130 cm³/mol. The van der Waals surface area contributed by atoms with Gasteiger partial charge in [-0.15, -0.1) is 0 Å². The molecule has 182 valence electrons. The summed E-state index contributed by atoms with van der Waals surface area (Å²) in [6.45, 7) is 1.58. The normalized spacial score (nSPS) is 15.8. The van der Waals surface area contributed by atoms with Gasteiger partial charge in [0, 0.05) is 30.0 Å². The fourth-order valence-electron chi connectivity index (χ4n) is 4.63. The molecule has 2 aliphatic rings. The summed E-state index contributed by atoms with van der Waals surface area (Å²) in [6, 6.07) is 14.8. The number of nitrogens with one attached hydrogen (secondary N) is 1. The van der Waals surface area contributed by atoms with Gasteiger partial charge in [0.15, 0.2) is 5.82 Å². The maximum atomic E-state index is 13.9. The molecule has 0 saturated carbocycles. The zero-order valence-corrected chi connectivity index (χ0v) is 19.5. The molecule has 2 amide bonds. The number of morpholine rings is 1. The second kappa shape index (κ2) is 8.93. The number of hydrogen-bond acceptors (Lipinski definition) is 7. The summed E-state index contributed by atoms with van der Waals surface area (Å²) in [7, 11) is 1.61. The molecule has 1 N–H and O–H groups in total. The first kappa shape index (κ1) is 22.0. The average Bonchev–Trinajstić information content (AvgIpc) is 3.58. The molecule has 0 spiro atoms. The Morgan fingerprint density at radius 3 is 2.33 bits per heavy atom. The van der Waals surface area contributed by atoms with Crippen molar-refractivity contribution in [3.63, 3.8) is 0 Å². The van der Waals surface area contributed by atoms with Gasteiger partial charge in [-0.2, -0.15) is 10.2 Å². The van der Waals surface area contributed by atoms with Crippen LogP contribution in [0.15, 0.2) is 54.9 Å². The number of nitrogens with zero attached hydrogens (tertiary/aromatic N) is 6. The highest BCUT2D eigenvalue weighted by Crippen LogP contribution is 2.33. The van der Waals surface area contributed by atoms with Gasteiger partial charge in [-0.25, -0.2) is 9.67 Å². The SMILES string of the molecule is COc1ccc(-n2nc(-c3ncn[nH]3)c3c2C(=O)N(c2ccc(N4CCOCC4=O)cc2)CC3)cc1. The van der Waals surface area contributed by atoms with Gasteiger partial charge in [0.1, 0.15) is 30.1 Å². The van der Waals surface area contributed by atoms with E-state index in [4.69, 9.17) is 14.6 Å². The molecule has 0 aliphatic carbocycles. The van der Waals surface area contributed by atoms with E-state index in [1.165, 1.54) is 6.33 Å². The first-order valence-corrected chi connectivity index (χ1v) is 11.6. The molecule has 0 unspecified atom stereocenters. The molecular weight excluding hydrogens is 462 g/mol. The van der Waals surface area contributed by atoms with Crippen molar-refractivity contribution in [2.75, 3.05) is 43.2 Å². The number of H-pyrrole nitrogens is 1. The van der Waals surface area contributed by atoms with E-state index in [9.17, 15) is 9.59 Å². The molecule has 0 radical (unpaired) electrons. The van der Waals surface area contributed by atoms with E-state index in [-0.39, 0.29) is 18.4 Å². The number of benzene rings is 2. The average molecular weight is 486 g/mol. The van der Waals surface area contributed by atoms with Crippen molar-refractivity contribution in [1.82, 2.24) is 25.0 Å². The molecule has 4 aromatic rings. The number of ether oxygens (including phenoxy) is 2. The lowest BCUT2D eigenvalue weighted by Gasteiger charge is -2.29. The van der Waals surface area contributed by atoms with Crippen LogP contribution < -0.4 is 14.5 Å². The van der Waals surface area contributed by atoms with Gasteiger partial charge in [-0.3, -0.25) is 14.7 Å². The van der Waals surface area contributed by atoms with Crippen LogP contribution in [0.4, 0.5) is 11.4 Å². The first-order chi connectivity index (χ1) is 17.6. The third-order valence-corrected chi connectivity index (χ3v) is 6.43. The summed E-state index contributed by atoms with van der Waals surface area (Å²) in [4.78, 5) is 33.8. The monoisotopic (exact) mass is 485 g/mol. The maximum Gasteiger partial charge on any atom is 0.277 e. The smallest absolute Gasteiger partial charge is 0.277 e. The van der Waals surface area contributed by atoms with Crippen LogP contribution in [-0.2, 0) is 16.0 Å². The van der Waals surface area contributed by atoms with E-state index in [0.717, 1.165) is 22.6 Å². The minimum absolute atomic E-state index is 0.0731. The molecule has 2 aromatic heterocycles. The topological polar surface area (TPSA) is 118 Å². The fraction of sp³-hybridized carbons (Fsp3) is 0.240. The Bertz CT molecular complexity index is 1410. The lowest BCUT2D eigenvalue weighted by Crippen LogP contribution is -2.41. The van der Waals surface area contributed by atoms with Gasteiger partial charge in [0.05, 0.1) is 19.4 Å². The Morgan fingerprint density at radius 2 is 1.67 bits per heavy atom. The Morgan fingerprint density at radius 1 is 0.944 bits per heavy atom. The number of anilines is 2. The second-order valence-corrected chi connectivity index (χ2v) is 8.44. The maximum absolute atomic E-state index is 13.9. The van der Waals surface area contributed by atoms with Crippen LogP contribution in [0.2, 0.25) is 0 Å². The van der Waals surface area contributed by atoms with Crippen LogP contribution >= 0.6 is 0 Å². The Hall–Kier alpha value is -4.51. The Labute approximate surface area is 206 Å². The van der Waals surface area contributed by atoms with Crippen molar-refractivity contribution < 1.29 is 19.1 Å². The molecule has 1 fully saturated rings. The molecular formula is C25H23N7O4. The molecule has 2 aliphatic heterocycles. The summed E-state index contributed by atoms with van der Waals surface area (Å²) in [5, 5.41) is 11.6. The van der Waals surface area contributed by atoms with Gasteiger partial charge in [0.2, 0.25) is 0 Å². The largest absolute Gasteiger partial charge is 0.497 e. The van der Waals surface area contributed by atoms with E-state index in [2.05, 4.69) is 15.2 Å². The van der Waals surface area contributed by atoms with Crippen LogP contribution in [0.25, 0.3) is 17.2 Å². The number of carbonyl (C=O) groups excluding carboxylic acids is 2. The summed E-state index contributed by atoms with van der Waals surface area (Å²) in [6.07, 6.45) is 2.02. The first-order valence-electron chi connectivity index (χ1n) is 11.6. The van der Waals surface area contributed by atoms with E-state index in [0.29, 0.717) is 49.1 Å². The van der Waals surface area contributed by atoms with E-state index >= 15 is 0 Å². The van der Waals surface area contributed by atoms with Crippen LogP contribution in [-0.4, -0.2) is 70.2 Å². The van der Waals surface area contributed by atoms with Gasteiger partial charge in [-0.05, 0) is 55.0 Å². The second-order valence-electron chi connectivity index (χ2n) is 8.44. The summed E-state index contributed by atoms with van der Waals surface area (Å²) in [5.74, 6) is 0.984. The van der Waals surface area contributed by atoms with Crippen molar-refractivity contribution in [1.29, 1.82) is 0 Å². The zero-order chi connectivity index (χ0) is 24.6. The Balaban J connectivity index is 1.37. The highest BCUT2D eigenvalue weighted by Gasteiger charge is 2.34. The molecule has 36 heavy (non-hydrogen) atoms. The van der Waals surface area contributed by atoms with Crippen LogP contribution in [0.1, 0.15) is 16.1 Å². The van der Waals surface area contributed by atoms with Crippen LogP contribution in [0.3, 0.4) is 0 Å². The highest BCUT2D eigenvalue weighted by molar-refractivity contribution is 6.08. The fourth-order valence-corrected chi connectivity index (χ4v) is 4.63.